The fraction of sp³-hybridized carbons (Fsp3) is 0.500. The fourth-order valence-electron chi connectivity index (χ4n) is 2.23. The summed E-state index contributed by atoms with van der Waals surface area (Å²) in [5.74, 6) is 0.282. The van der Waals surface area contributed by atoms with Gasteiger partial charge in [0.25, 0.3) is 0 Å². The number of anilines is 1. The second-order valence-electron chi connectivity index (χ2n) is 4.95. The Morgan fingerprint density at radius 3 is 2.78 bits per heavy atom. The van der Waals surface area contributed by atoms with E-state index in [4.69, 9.17) is 0 Å². The highest BCUT2D eigenvalue weighted by Crippen LogP contribution is 2.25. The van der Waals surface area contributed by atoms with Crippen LogP contribution in [-0.4, -0.2) is 23.6 Å². The van der Waals surface area contributed by atoms with Crippen molar-refractivity contribution >= 4 is 11.6 Å². The number of carbonyl (C=O) groups is 1. The van der Waals surface area contributed by atoms with Gasteiger partial charge in [0.05, 0.1) is 6.04 Å². The first-order valence-corrected chi connectivity index (χ1v) is 6.42. The Bertz CT molecular complexity index is 451. The lowest BCUT2D eigenvalue weighted by atomic mass is 10.0. The molecule has 0 radical (unpaired) electrons. The molecular weight excluding hydrogens is 228 g/mol. The van der Waals surface area contributed by atoms with E-state index < -0.39 is 0 Å². The van der Waals surface area contributed by atoms with Crippen LogP contribution in [0.2, 0.25) is 0 Å². The Balaban J connectivity index is 2.08. The number of hydrogen-bond acceptors (Lipinski definition) is 3. The summed E-state index contributed by atoms with van der Waals surface area (Å²) in [6, 6.07) is 3.40. The van der Waals surface area contributed by atoms with Crippen LogP contribution in [0, 0.1) is 13.8 Å². The summed E-state index contributed by atoms with van der Waals surface area (Å²) in [5, 5.41) is 15.7. The molecule has 1 aromatic carbocycles. The van der Waals surface area contributed by atoms with Gasteiger partial charge in [-0.15, -0.1) is 0 Å². The number of amides is 1. The van der Waals surface area contributed by atoms with Crippen LogP contribution in [0.25, 0.3) is 0 Å². The maximum Gasteiger partial charge on any atom is 0.241 e. The zero-order valence-corrected chi connectivity index (χ0v) is 10.9. The molecule has 1 amide bonds. The number of phenolic OH excluding ortho intramolecular Hbond substituents is 1. The number of nitrogens with one attached hydrogen (secondary N) is 2. The minimum atomic E-state index is -0.0905. The van der Waals surface area contributed by atoms with Crippen LogP contribution in [0.15, 0.2) is 12.1 Å². The van der Waals surface area contributed by atoms with Crippen molar-refractivity contribution in [3.63, 3.8) is 0 Å². The highest BCUT2D eigenvalue weighted by Gasteiger charge is 2.21. The summed E-state index contributed by atoms with van der Waals surface area (Å²) in [7, 11) is 0. The van der Waals surface area contributed by atoms with E-state index in [-0.39, 0.29) is 17.7 Å². The minimum Gasteiger partial charge on any atom is -0.508 e. The molecule has 3 N–H and O–H groups in total. The van der Waals surface area contributed by atoms with Gasteiger partial charge in [-0.2, -0.15) is 0 Å². The van der Waals surface area contributed by atoms with Crippen molar-refractivity contribution < 1.29 is 9.90 Å². The van der Waals surface area contributed by atoms with Crippen molar-refractivity contribution in [2.75, 3.05) is 11.9 Å². The number of benzene rings is 1. The second kappa shape index (κ2) is 5.40. The zero-order chi connectivity index (χ0) is 13.1. The van der Waals surface area contributed by atoms with Gasteiger partial charge in [-0.1, -0.05) is 6.42 Å². The molecule has 1 saturated heterocycles. The Morgan fingerprint density at radius 2 is 2.11 bits per heavy atom. The predicted molar refractivity (Wildman–Crippen MR) is 71.9 cm³/mol. The van der Waals surface area contributed by atoms with Gasteiger partial charge >= 0.3 is 0 Å². The molecule has 1 heterocycles. The van der Waals surface area contributed by atoms with E-state index in [0.717, 1.165) is 42.6 Å². The first-order chi connectivity index (χ1) is 8.58. The average molecular weight is 248 g/mol. The molecule has 1 aromatic rings. The van der Waals surface area contributed by atoms with Crippen molar-refractivity contribution in [2.24, 2.45) is 0 Å². The molecule has 0 unspecified atom stereocenters. The molecule has 1 atom stereocenters. The minimum absolute atomic E-state index is 0.0166. The molecule has 1 aliphatic rings. The average Bonchev–Trinajstić information content (AvgIpc) is 2.37. The largest absolute Gasteiger partial charge is 0.508 e. The highest BCUT2D eigenvalue weighted by atomic mass is 16.3. The molecule has 4 heteroatoms. The van der Waals surface area contributed by atoms with Crippen molar-refractivity contribution in [1.29, 1.82) is 0 Å². The third-order valence-electron chi connectivity index (χ3n) is 3.43. The Morgan fingerprint density at radius 1 is 1.33 bits per heavy atom. The lowest BCUT2D eigenvalue weighted by molar-refractivity contribution is -0.118. The third kappa shape index (κ3) is 2.82. The molecule has 0 saturated carbocycles. The van der Waals surface area contributed by atoms with E-state index in [1.165, 1.54) is 0 Å². The monoisotopic (exact) mass is 248 g/mol. The van der Waals surface area contributed by atoms with Crippen LogP contribution in [0.1, 0.15) is 30.4 Å². The van der Waals surface area contributed by atoms with E-state index in [0.29, 0.717) is 0 Å². The molecular formula is C14H20N2O2. The number of aromatic hydroxyl groups is 1. The number of piperidine rings is 1. The van der Waals surface area contributed by atoms with Crippen LogP contribution in [0.3, 0.4) is 0 Å². The van der Waals surface area contributed by atoms with Crippen molar-refractivity contribution in [2.45, 2.75) is 39.2 Å². The molecule has 0 aliphatic carbocycles. The van der Waals surface area contributed by atoms with E-state index in [2.05, 4.69) is 10.6 Å². The quantitative estimate of drug-likeness (QED) is 0.702. The SMILES string of the molecule is Cc1cc(NC(=O)[C@@H]2CCCCN2)c(C)cc1O. The lowest BCUT2D eigenvalue weighted by Crippen LogP contribution is -2.43. The van der Waals surface area contributed by atoms with Crippen molar-refractivity contribution in [1.82, 2.24) is 5.32 Å². The van der Waals surface area contributed by atoms with Gasteiger partial charge in [-0.3, -0.25) is 4.79 Å². The molecule has 1 fully saturated rings. The van der Waals surface area contributed by atoms with Crippen LogP contribution < -0.4 is 10.6 Å². The first kappa shape index (κ1) is 12.9. The highest BCUT2D eigenvalue weighted by molar-refractivity contribution is 5.95. The Labute approximate surface area is 107 Å². The lowest BCUT2D eigenvalue weighted by Gasteiger charge is -2.23. The number of hydrogen-bond donors (Lipinski definition) is 3. The standard InChI is InChI=1S/C14H20N2O2/c1-9-8-13(17)10(2)7-12(9)16-14(18)11-5-3-4-6-15-11/h7-8,11,15,17H,3-6H2,1-2H3,(H,16,18)/t11-/m0/s1. The number of rotatable bonds is 2. The Kier molecular flexibility index (Phi) is 3.87. The summed E-state index contributed by atoms with van der Waals surface area (Å²) in [6.45, 7) is 4.61. The molecule has 0 aromatic heterocycles. The molecule has 98 valence electrons. The van der Waals surface area contributed by atoms with Crippen molar-refractivity contribution in [3.05, 3.63) is 23.3 Å². The summed E-state index contributed by atoms with van der Waals surface area (Å²) < 4.78 is 0. The molecule has 1 aliphatic heterocycles. The summed E-state index contributed by atoms with van der Waals surface area (Å²) in [5.41, 5.74) is 2.43. The van der Waals surface area contributed by atoms with Gasteiger partial charge < -0.3 is 15.7 Å². The number of carbonyl (C=O) groups excluding carboxylic acids is 1. The van der Waals surface area contributed by atoms with Gasteiger partial charge in [-0.05, 0) is 56.5 Å². The molecule has 2 rings (SSSR count). The van der Waals surface area contributed by atoms with Gasteiger partial charge in [0.15, 0.2) is 0 Å². The van der Waals surface area contributed by atoms with Gasteiger partial charge in [0, 0.05) is 5.69 Å². The normalized spacial score (nSPS) is 19.6. The van der Waals surface area contributed by atoms with Crippen molar-refractivity contribution in [3.8, 4) is 5.75 Å². The fourth-order valence-corrected chi connectivity index (χ4v) is 2.23. The van der Waals surface area contributed by atoms with Crippen LogP contribution in [0.4, 0.5) is 5.69 Å². The smallest absolute Gasteiger partial charge is 0.241 e. The first-order valence-electron chi connectivity index (χ1n) is 6.42. The van der Waals surface area contributed by atoms with Crippen LogP contribution >= 0.6 is 0 Å². The van der Waals surface area contributed by atoms with Gasteiger partial charge in [0.2, 0.25) is 5.91 Å². The zero-order valence-electron chi connectivity index (χ0n) is 10.9. The molecule has 0 spiro atoms. The van der Waals surface area contributed by atoms with Crippen LogP contribution in [0.5, 0.6) is 5.75 Å². The van der Waals surface area contributed by atoms with E-state index in [1.54, 1.807) is 6.07 Å². The molecule has 0 bridgehead atoms. The van der Waals surface area contributed by atoms with E-state index in [1.807, 2.05) is 19.9 Å². The molecule has 18 heavy (non-hydrogen) atoms. The maximum absolute atomic E-state index is 12.1. The van der Waals surface area contributed by atoms with E-state index in [9.17, 15) is 9.90 Å². The predicted octanol–water partition coefficient (Wildman–Crippen LogP) is 2.09. The summed E-state index contributed by atoms with van der Waals surface area (Å²) in [6.07, 6.45) is 3.13. The van der Waals surface area contributed by atoms with E-state index >= 15 is 0 Å². The number of aryl methyl sites for hydroxylation is 2. The summed E-state index contributed by atoms with van der Waals surface area (Å²) >= 11 is 0. The maximum atomic E-state index is 12.1. The van der Waals surface area contributed by atoms with Gasteiger partial charge in [0.1, 0.15) is 5.75 Å². The summed E-state index contributed by atoms with van der Waals surface area (Å²) in [4.78, 5) is 12.1. The topological polar surface area (TPSA) is 61.4 Å². The third-order valence-corrected chi connectivity index (χ3v) is 3.43. The van der Waals surface area contributed by atoms with Gasteiger partial charge in [-0.25, -0.2) is 0 Å². The second-order valence-corrected chi connectivity index (χ2v) is 4.95. The van der Waals surface area contributed by atoms with Crippen LogP contribution in [-0.2, 0) is 4.79 Å². The number of phenols is 1. The molecule has 4 nitrogen and oxygen atoms in total. The Hall–Kier alpha value is -1.55.